The van der Waals surface area contributed by atoms with Gasteiger partial charge in [-0.05, 0) is 23.3 Å². The Morgan fingerprint density at radius 1 is 1.00 bits per heavy atom. The van der Waals surface area contributed by atoms with Crippen molar-refractivity contribution in [2.45, 2.75) is 5.92 Å². The van der Waals surface area contributed by atoms with Gasteiger partial charge >= 0.3 is 5.97 Å². The molecule has 0 heterocycles. The molecule has 31 heavy (non-hydrogen) atoms. The summed E-state index contributed by atoms with van der Waals surface area (Å²) in [5, 5.41) is 0. The minimum Gasteiger partial charge on any atom is -0.496 e. The van der Waals surface area contributed by atoms with Gasteiger partial charge in [-0.15, -0.1) is 0 Å². The Hall–Kier alpha value is -4.13. The van der Waals surface area contributed by atoms with Crippen molar-refractivity contribution in [1.82, 2.24) is 10.9 Å². The largest absolute Gasteiger partial charge is 0.496 e. The van der Waals surface area contributed by atoms with Gasteiger partial charge in [-0.2, -0.15) is 0 Å². The topological polar surface area (TPSA) is 93.7 Å². The molecule has 7 nitrogen and oxygen atoms in total. The Balaban J connectivity index is 2.14. The second-order valence-corrected chi connectivity index (χ2v) is 6.28. The van der Waals surface area contributed by atoms with Crippen molar-refractivity contribution in [3.05, 3.63) is 103 Å². The summed E-state index contributed by atoms with van der Waals surface area (Å²) in [5.41, 5.74) is 5.88. The number of hydrazine groups is 1. The summed E-state index contributed by atoms with van der Waals surface area (Å²) in [5.74, 6) is -3.04. The Morgan fingerprint density at radius 2 is 1.68 bits per heavy atom. The average Bonchev–Trinajstić information content (AvgIpc) is 2.81. The quantitative estimate of drug-likeness (QED) is 0.281. The van der Waals surface area contributed by atoms with E-state index >= 15 is 0 Å². The molecule has 0 aliphatic heterocycles. The highest BCUT2D eigenvalue weighted by Gasteiger charge is 2.30. The molecule has 0 saturated carbocycles. The molecule has 160 valence electrons. The fourth-order valence-corrected chi connectivity index (χ4v) is 2.69. The summed E-state index contributed by atoms with van der Waals surface area (Å²) >= 11 is 0. The Bertz CT molecular complexity index is 982. The van der Waals surface area contributed by atoms with Crippen LogP contribution >= 0.6 is 0 Å². The van der Waals surface area contributed by atoms with E-state index in [-0.39, 0.29) is 12.2 Å². The van der Waals surface area contributed by atoms with Crippen molar-refractivity contribution in [3.63, 3.8) is 0 Å². The Morgan fingerprint density at radius 3 is 2.32 bits per heavy atom. The maximum Gasteiger partial charge on any atom is 0.323 e. The van der Waals surface area contributed by atoms with Crippen LogP contribution < -0.4 is 15.6 Å². The molecule has 0 aliphatic carbocycles. The van der Waals surface area contributed by atoms with Crippen molar-refractivity contribution in [1.29, 1.82) is 0 Å². The van der Waals surface area contributed by atoms with E-state index < -0.39 is 23.7 Å². The predicted molar refractivity (Wildman–Crippen MR) is 117 cm³/mol. The molecule has 2 aromatic carbocycles. The van der Waals surface area contributed by atoms with Crippen LogP contribution in [0.4, 0.5) is 0 Å². The molecule has 0 aromatic heterocycles. The number of allylic oxidation sites excluding steroid dienone is 2. The summed E-state index contributed by atoms with van der Waals surface area (Å²) in [4.78, 5) is 38.0. The number of carbonyl (C=O) groups is 3. The van der Waals surface area contributed by atoms with Crippen molar-refractivity contribution in [2.24, 2.45) is 0 Å². The molecule has 2 amide bonds. The van der Waals surface area contributed by atoms with E-state index in [4.69, 9.17) is 9.47 Å². The van der Waals surface area contributed by atoms with Gasteiger partial charge in [0.25, 0.3) is 11.8 Å². The molecule has 2 rings (SSSR count). The smallest absolute Gasteiger partial charge is 0.323 e. The minimum atomic E-state index is -1.28. The number of esters is 1. The SMILES string of the molecule is C=C/C=C(\C=C)COC(=O)C(C(=O)NNC(=O)c1ccccc1OC)c1ccccc1. The predicted octanol–water partition coefficient (Wildman–Crippen LogP) is 3.08. The van der Waals surface area contributed by atoms with E-state index in [9.17, 15) is 14.4 Å². The normalized spacial score (nSPS) is 11.6. The molecule has 0 aliphatic rings. The summed E-state index contributed by atoms with van der Waals surface area (Å²) in [6.45, 7) is 7.16. The van der Waals surface area contributed by atoms with E-state index in [1.807, 2.05) is 0 Å². The number of para-hydroxylation sites is 1. The van der Waals surface area contributed by atoms with Crippen LogP contribution in [0.3, 0.4) is 0 Å². The fourth-order valence-electron chi connectivity index (χ4n) is 2.69. The highest BCUT2D eigenvalue weighted by Crippen LogP contribution is 2.19. The number of hydrogen-bond acceptors (Lipinski definition) is 5. The average molecular weight is 420 g/mol. The first-order valence-electron chi connectivity index (χ1n) is 9.40. The van der Waals surface area contributed by atoms with Gasteiger partial charge < -0.3 is 9.47 Å². The van der Waals surface area contributed by atoms with Crippen LogP contribution in [0.2, 0.25) is 0 Å². The van der Waals surface area contributed by atoms with Crippen LogP contribution in [0.1, 0.15) is 21.8 Å². The monoisotopic (exact) mass is 420 g/mol. The summed E-state index contributed by atoms with van der Waals surface area (Å²) in [6.07, 6.45) is 4.71. The zero-order valence-corrected chi connectivity index (χ0v) is 17.2. The Kier molecular flexibility index (Phi) is 8.79. The second kappa shape index (κ2) is 11.8. The zero-order chi connectivity index (χ0) is 22.6. The molecule has 2 N–H and O–H groups in total. The van der Waals surface area contributed by atoms with E-state index in [1.54, 1.807) is 66.7 Å². The fraction of sp³-hybridized carbons (Fsp3) is 0.125. The number of hydrogen-bond donors (Lipinski definition) is 2. The van der Waals surface area contributed by atoms with Crippen LogP contribution in [0.5, 0.6) is 5.75 Å². The molecule has 1 unspecified atom stereocenters. The van der Waals surface area contributed by atoms with Gasteiger partial charge in [-0.1, -0.05) is 73.9 Å². The lowest BCUT2D eigenvalue weighted by molar-refractivity contribution is -0.148. The lowest BCUT2D eigenvalue weighted by Crippen LogP contribution is -2.46. The van der Waals surface area contributed by atoms with Gasteiger partial charge in [-0.3, -0.25) is 25.2 Å². The molecule has 0 spiro atoms. The third-order valence-corrected chi connectivity index (χ3v) is 4.26. The molecule has 0 fully saturated rings. The molecule has 0 radical (unpaired) electrons. The number of ether oxygens (including phenoxy) is 2. The van der Waals surface area contributed by atoms with Crippen LogP contribution in [-0.2, 0) is 14.3 Å². The molecule has 0 saturated heterocycles. The highest BCUT2D eigenvalue weighted by molar-refractivity contribution is 6.05. The first kappa shape index (κ1) is 23.2. The van der Waals surface area contributed by atoms with Gasteiger partial charge in [-0.25, -0.2) is 0 Å². The van der Waals surface area contributed by atoms with Crippen molar-refractivity contribution in [2.75, 3.05) is 13.7 Å². The molecular weight excluding hydrogens is 396 g/mol. The maximum absolute atomic E-state index is 12.8. The van der Waals surface area contributed by atoms with E-state index in [1.165, 1.54) is 13.2 Å². The number of nitrogens with one attached hydrogen (secondary N) is 2. The van der Waals surface area contributed by atoms with Gasteiger partial charge in [0.2, 0.25) is 0 Å². The first-order valence-corrected chi connectivity index (χ1v) is 9.40. The highest BCUT2D eigenvalue weighted by atomic mass is 16.5. The summed E-state index contributed by atoms with van der Waals surface area (Å²) < 4.78 is 10.4. The summed E-state index contributed by atoms with van der Waals surface area (Å²) in [7, 11) is 1.43. The van der Waals surface area contributed by atoms with Gasteiger partial charge in [0.1, 0.15) is 12.4 Å². The minimum absolute atomic E-state index is 0.0709. The van der Waals surface area contributed by atoms with Gasteiger partial charge in [0.15, 0.2) is 5.92 Å². The number of benzene rings is 2. The van der Waals surface area contributed by atoms with E-state index in [2.05, 4.69) is 24.0 Å². The third kappa shape index (κ3) is 6.43. The molecule has 2 aromatic rings. The van der Waals surface area contributed by atoms with Crippen molar-refractivity contribution < 1.29 is 23.9 Å². The second-order valence-electron chi connectivity index (χ2n) is 6.28. The van der Waals surface area contributed by atoms with E-state index in [0.717, 1.165) is 0 Å². The first-order chi connectivity index (χ1) is 15.0. The lowest BCUT2D eigenvalue weighted by atomic mass is 9.98. The van der Waals surface area contributed by atoms with Crippen molar-refractivity contribution >= 4 is 17.8 Å². The number of rotatable bonds is 9. The van der Waals surface area contributed by atoms with Crippen LogP contribution in [-0.4, -0.2) is 31.5 Å². The Labute approximate surface area is 181 Å². The zero-order valence-electron chi connectivity index (χ0n) is 17.2. The van der Waals surface area contributed by atoms with Crippen LogP contribution in [0.15, 0.2) is 91.6 Å². The molecular formula is C24H24N2O5. The maximum atomic E-state index is 12.8. The third-order valence-electron chi connectivity index (χ3n) is 4.26. The standard InChI is InChI=1S/C24H24N2O5/c1-4-11-17(5-2)16-31-24(29)21(18-12-7-6-8-13-18)23(28)26-25-22(27)19-14-9-10-15-20(19)30-3/h4-15,21H,1-2,16H2,3H3,(H,25,27)(H,26,28)/b17-11+. The van der Waals surface area contributed by atoms with E-state index in [0.29, 0.717) is 16.9 Å². The van der Waals surface area contributed by atoms with Gasteiger partial charge in [0, 0.05) is 0 Å². The van der Waals surface area contributed by atoms with Crippen LogP contribution in [0.25, 0.3) is 0 Å². The van der Waals surface area contributed by atoms with Crippen LogP contribution in [0, 0.1) is 0 Å². The number of amides is 2. The van der Waals surface area contributed by atoms with Crippen molar-refractivity contribution in [3.8, 4) is 5.75 Å². The number of carbonyl (C=O) groups excluding carboxylic acids is 3. The lowest BCUT2D eigenvalue weighted by Gasteiger charge is -2.17. The molecule has 0 bridgehead atoms. The number of methoxy groups -OCH3 is 1. The summed E-state index contributed by atoms with van der Waals surface area (Å²) in [6, 6.07) is 15.0. The molecule has 7 heteroatoms. The molecule has 1 atom stereocenters. The van der Waals surface area contributed by atoms with Gasteiger partial charge in [0.05, 0.1) is 12.7 Å².